The first-order valence-corrected chi connectivity index (χ1v) is 9.18. The van der Waals surface area contributed by atoms with Crippen LogP contribution in [-0.2, 0) is 20.8 Å². The monoisotopic (exact) mass is 379 g/mol. The van der Waals surface area contributed by atoms with Crippen LogP contribution in [0.1, 0.15) is 25.0 Å². The number of amides is 3. The summed E-state index contributed by atoms with van der Waals surface area (Å²) in [4.78, 5) is 36.1. The summed E-state index contributed by atoms with van der Waals surface area (Å²) in [6.45, 7) is 3.40. The third-order valence-electron chi connectivity index (χ3n) is 4.07. The molecule has 0 fully saturated rings. The molecule has 6 nitrogen and oxygen atoms in total. The predicted molar refractivity (Wildman–Crippen MR) is 111 cm³/mol. The highest BCUT2D eigenvalue weighted by Gasteiger charge is 2.15. The van der Waals surface area contributed by atoms with E-state index in [9.17, 15) is 14.4 Å². The van der Waals surface area contributed by atoms with E-state index in [1.165, 1.54) is 6.08 Å². The molecule has 2 aromatic carbocycles. The summed E-state index contributed by atoms with van der Waals surface area (Å²) in [6, 6.07) is 16.1. The van der Waals surface area contributed by atoms with Crippen LogP contribution in [0.4, 0.5) is 5.69 Å². The molecule has 0 saturated carbocycles. The quantitative estimate of drug-likeness (QED) is 0.616. The van der Waals surface area contributed by atoms with Crippen molar-refractivity contribution < 1.29 is 14.4 Å². The minimum Gasteiger partial charge on any atom is -0.345 e. The van der Waals surface area contributed by atoms with E-state index in [4.69, 9.17) is 0 Å². The normalized spacial score (nSPS) is 11.6. The van der Waals surface area contributed by atoms with Gasteiger partial charge >= 0.3 is 0 Å². The van der Waals surface area contributed by atoms with Crippen molar-refractivity contribution in [1.82, 2.24) is 10.6 Å². The van der Waals surface area contributed by atoms with Gasteiger partial charge in [0.2, 0.25) is 17.7 Å². The van der Waals surface area contributed by atoms with Crippen LogP contribution in [0.25, 0.3) is 6.08 Å². The van der Waals surface area contributed by atoms with Gasteiger partial charge in [0.05, 0.1) is 6.54 Å². The van der Waals surface area contributed by atoms with Gasteiger partial charge in [-0.2, -0.15) is 0 Å². The molecule has 0 aliphatic heterocycles. The molecule has 6 heteroatoms. The fourth-order valence-corrected chi connectivity index (χ4v) is 2.53. The maximum Gasteiger partial charge on any atom is 0.244 e. The minimum absolute atomic E-state index is 0.170. The lowest BCUT2D eigenvalue weighted by molar-refractivity contribution is -0.127. The van der Waals surface area contributed by atoms with Crippen molar-refractivity contribution in [1.29, 1.82) is 0 Å². The van der Waals surface area contributed by atoms with E-state index in [1.807, 2.05) is 61.5 Å². The van der Waals surface area contributed by atoms with E-state index in [2.05, 4.69) is 16.0 Å². The minimum atomic E-state index is -0.761. The zero-order valence-electron chi connectivity index (χ0n) is 16.1. The van der Waals surface area contributed by atoms with Crippen molar-refractivity contribution in [2.45, 2.75) is 26.3 Å². The largest absolute Gasteiger partial charge is 0.345 e. The Balaban J connectivity index is 1.78. The molecular formula is C22H25N3O3. The molecule has 146 valence electrons. The molecule has 2 rings (SSSR count). The number of benzene rings is 2. The van der Waals surface area contributed by atoms with Crippen LogP contribution >= 0.6 is 0 Å². The molecule has 0 heterocycles. The van der Waals surface area contributed by atoms with Crippen molar-refractivity contribution >= 4 is 29.5 Å². The molecule has 0 bridgehead atoms. The van der Waals surface area contributed by atoms with Crippen molar-refractivity contribution in [3.63, 3.8) is 0 Å². The maximum absolute atomic E-state index is 12.1. The van der Waals surface area contributed by atoms with Crippen molar-refractivity contribution in [3.05, 3.63) is 71.8 Å². The Labute approximate surface area is 165 Å². The molecule has 1 atom stereocenters. The summed E-state index contributed by atoms with van der Waals surface area (Å²) < 4.78 is 0. The van der Waals surface area contributed by atoms with E-state index in [-0.39, 0.29) is 18.4 Å². The van der Waals surface area contributed by atoms with Crippen LogP contribution in [-0.4, -0.2) is 30.3 Å². The van der Waals surface area contributed by atoms with Gasteiger partial charge < -0.3 is 16.0 Å². The first kappa shape index (κ1) is 20.9. The Morgan fingerprint density at radius 3 is 2.39 bits per heavy atom. The zero-order chi connectivity index (χ0) is 20.4. The number of hydrogen-bond acceptors (Lipinski definition) is 3. The van der Waals surface area contributed by atoms with E-state index < -0.39 is 11.9 Å². The Morgan fingerprint density at radius 1 is 1.00 bits per heavy atom. The summed E-state index contributed by atoms with van der Waals surface area (Å²) in [7, 11) is 0. The van der Waals surface area contributed by atoms with E-state index >= 15 is 0 Å². The van der Waals surface area contributed by atoms with Gasteiger partial charge in [-0.25, -0.2) is 0 Å². The smallest absolute Gasteiger partial charge is 0.244 e. The Bertz CT molecular complexity index is 847. The fraction of sp³-hybridized carbons (Fsp3) is 0.227. The molecule has 3 amide bonds. The SMILES string of the molecule is CCc1ccccc1NC(=O)CNC(=O)C(C)NC(=O)/C=C/c1ccccc1. The maximum atomic E-state index is 12.1. The molecule has 2 aromatic rings. The average molecular weight is 379 g/mol. The first-order valence-electron chi connectivity index (χ1n) is 9.18. The van der Waals surface area contributed by atoms with Crippen LogP contribution in [0.5, 0.6) is 0 Å². The second-order valence-corrected chi connectivity index (χ2v) is 6.25. The highest BCUT2D eigenvalue weighted by molar-refractivity contribution is 5.98. The molecule has 0 saturated heterocycles. The number of hydrogen-bond donors (Lipinski definition) is 3. The third-order valence-corrected chi connectivity index (χ3v) is 4.07. The lowest BCUT2D eigenvalue weighted by Crippen LogP contribution is -2.46. The molecule has 0 radical (unpaired) electrons. The van der Waals surface area contributed by atoms with Crippen LogP contribution in [0, 0.1) is 0 Å². The summed E-state index contributed by atoms with van der Waals surface area (Å²) in [5.74, 6) is -1.13. The number of rotatable bonds is 8. The summed E-state index contributed by atoms with van der Waals surface area (Å²) >= 11 is 0. The lowest BCUT2D eigenvalue weighted by atomic mass is 10.1. The second-order valence-electron chi connectivity index (χ2n) is 6.25. The molecular weight excluding hydrogens is 354 g/mol. The highest BCUT2D eigenvalue weighted by atomic mass is 16.2. The molecule has 0 aliphatic carbocycles. The van der Waals surface area contributed by atoms with Crippen LogP contribution < -0.4 is 16.0 Å². The van der Waals surface area contributed by atoms with Gasteiger partial charge in [-0.15, -0.1) is 0 Å². The average Bonchev–Trinajstić information content (AvgIpc) is 2.71. The van der Waals surface area contributed by atoms with Crippen molar-refractivity contribution in [2.24, 2.45) is 0 Å². The fourth-order valence-electron chi connectivity index (χ4n) is 2.53. The number of carbonyl (C=O) groups excluding carboxylic acids is 3. The van der Waals surface area contributed by atoms with E-state index in [0.717, 1.165) is 23.2 Å². The highest BCUT2D eigenvalue weighted by Crippen LogP contribution is 2.14. The standard InChI is InChI=1S/C22H25N3O3/c1-3-18-11-7-8-12-19(18)25-21(27)15-23-22(28)16(2)24-20(26)14-13-17-9-5-4-6-10-17/h4-14,16H,3,15H2,1-2H3,(H,23,28)(H,24,26)(H,25,27)/b14-13+. The Kier molecular flexibility index (Phi) is 7.96. The van der Waals surface area contributed by atoms with Crippen LogP contribution in [0.3, 0.4) is 0 Å². The summed E-state index contributed by atoms with van der Waals surface area (Å²) in [5, 5.41) is 7.88. The molecule has 0 aromatic heterocycles. The molecule has 28 heavy (non-hydrogen) atoms. The second kappa shape index (κ2) is 10.7. The molecule has 1 unspecified atom stereocenters. The molecule has 0 aliphatic rings. The van der Waals surface area contributed by atoms with Gasteiger partial charge in [-0.05, 0) is 36.6 Å². The van der Waals surface area contributed by atoms with Crippen LogP contribution in [0.2, 0.25) is 0 Å². The number of anilines is 1. The van der Waals surface area contributed by atoms with E-state index in [1.54, 1.807) is 13.0 Å². The first-order chi connectivity index (χ1) is 13.5. The van der Waals surface area contributed by atoms with Gasteiger partial charge in [-0.3, -0.25) is 14.4 Å². The number of aryl methyl sites for hydroxylation is 1. The molecule has 3 N–H and O–H groups in total. The topological polar surface area (TPSA) is 87.3 Å². The van der Waals surface area contributed by atoms with Gasteiger partial charge in [0.25, 0.3) is 0 Å². The van der Waals surface area contributed by atoms with Gasteiger partial charge in [-0.1, -0.05) is 55.5 Å². The lowest BCUT2D eigenvalue weighted by Gasteiger charge is -2.14. The summed E-state index contributed by atoms with van der Waals surface area (Å²) in [5.41, 5.74) is 2.64. The van der Waals surface area contributed by atoms with Crippen molar-refractivity contribution in [2.75, 3.05) is 11.9 Å². The Hall–Kier alpha value is -3.41. The number of nitrogens with one attached hydrogen (secondary N) is 3. The predicted octanol–water partition coefficient (Wildman–Crippen LogP) is 2.52. The summed E-state index contributed by atoms with van der Waals surface area (Å²) in [6.07, 6.45) is 3.83. The van der Waals surface area contributed by atoms with Gasteiger partial charge in [0.1, 0.15) is 6.04 Å². The zero-order valence-corrected chi connectivity index (χ0v) is 16.1. The van der Waals surface area contributed by atoms with Gasteiger partial charge in [0.15, 0.2) is 0 Å². The van der Waals surface area contributed by atoms with Crippen molar-refractivity contribution in [3.8, 4) is 0 Å². The number of carbonyl (C=O) groups is 3. The third kappa shape index (κ3) is 6.72. The van der Waals surface area contributed by atoms with E-state index in [0.29, 0.717) is 0 Å². The molecule has 0 spiro atoms. The number of para-hydroxylation sites is 1. The van der Waals surface area contributed by atoms with Gasteiger partial charge in [0, 0.05) is 11.8 Å². The Morgan fingerprint density at radius 2 is 1.68 bits per heavy atom. The van der Waals surface area contributed by atoms with Crippen LogP contribution in [0.15, 0.2) is 60.7 Å².